The predicted molar refractivity (Wildman–Crippen MR) is 113 cm³/mol. The molecule has 0 atom stereocenters. The van der Waals surface area contributed by atoms with E-state index in [1.165, 1.54) is 50.7 Å². The summed E-state index contributed by atoms with van der Waals surface area (Å²) < 4.78 is 13.0. The Balaban J connectivity index is 1.47. The van der Waals surface area contributed by atoms with Crippen molar-refractivity contribution in [3.8, 4) is 0 Å². The summed E-state index contributed by atoms with van der Waals surface area (Å²) in [6.07, 6.45) is 11.2. The molecule has 1 aliphatic rings. The van der Waals surface area contributed by atoms with Gasteiger partial charge in [0.2, 0.25) is 0 Å². The molecule has 1 N–H and O–H groups in total. The fourth-order valence-corrected chi connectivity index (χ4v) is 4.61. The topological polar surface area (TPSA) is 42.0 Å². The quantitative estimate of drug-likeness (QED) is 0.354. The Labute approximate surface area is 171 Å². The van der Waals surface area contributed by atoms with E-state index in [4.69, 9.17) is 0 Å². The fraction of sp³-hybridized carbons (Fsp3) is 0.478. The highest BCUT2D eigenvalue weighted by Gasteiger charge is 2.16. The molecule has 28 heavy (non-hydrogen) atoms. The minimum Gasteiger partial charge on any atom is -0.352 e. The van der Waals surface area contributed by atoms with E-state index in [9.17, 15) is 9.18 Å². The summed E-state index contributed by atoms with van der Waals surface area (Å²) in [7, 11) is 0. The molecule has 0 spiro atoms. The summed E-state index contributed by atoms with van der Waals surface area (Å²) >= 11 is 1.62. The lowest BCUT2D eigenvalue weighted by Gasteiger charge is -2.15. The first kappa shape index (κ1) is 20.8. The van der Waals surface area contributed by atoms with Crippen molar-refractivity contribution in [2.24, 2.45) is 5.92 Å². The predicted octanol–water partition coefficient (Wildman–Crippen LogP) is 5.65. The van der Waals surface area contributed by atoms with Gasteiger partial charge in [0.25, 0.3) is 5.91 Å². The Morgan fingerprint density at radius 3 is 2.61 bits per heavy atom. The van der Waals surface area contributed by atoms with E-state index in [0.717, 1.165) is 35.7 Å². The van der Waals surface area contributed by atoms with E-state index >= 15 is 0 Å². The Hall–Kier alpha value is -1.88. The highest BCUT2D eigenvalue weighted by Crippen LogP contribution is 2.24. The van der Waals surface area contributed by atoms with Crippen molar-refractivity contribution in [1.82, 2.24) is 10.3 Å². The number of carbonyl (C=O) groups is 1. The molecule has 2 aromatic rings. The van der Waals surface area contributed by atoms with Crippen molar-refractivity contribution < 1.29 is 9.18 Å². The highest BCUT2D eigenvalue weighted by molar-refractivity contribution is 7.99. The minimum atomic E-state index is -0.203. The summed E-state index contributed by atoms with van der Waals surface area (Å²) in [5.41, 5.74) is 1.80. The zero-order valence-corrected chi connectivity index (χ0v) is 17.1. The molecular formula is C23H29FN2OS. The second kappa shape index (κ2) is 11.2. The maximum atomic E-state index is 13.0. The summed E-state index contributed by atoms with van der Waals surface area (Å²) in [5, 5.41) is 3.92. The molecule has 0 bridgehead atoms. The van der Waals surface area contributed by atoms with Gasteiger partial charge in [-0.3, -0.25) is 4.79 Å². The summed E-state index contributed by atoms with van der Waals surface area (Å²) in [6, 6.07) is 10.3. The van der Waals surface area contributed by atoms with Crippen molar-refractivity contribution in [1.29, 1.82) is 0 Å². The molecule has 0 radical (unpaired) electrons. The monoisotopic (exact) mass is 400 g/mol. The van der Waals surface area contributed by atoms with Crippen molar-refractivity contribution in [2.75, 3.05) is 12.3 Å². The maximum Gasteiger partial charge on any atom is 0.254 e. The molecular weight excluding hydrogens is 371 g/mol. The van der Waals surface area contributed by atoms with E-state index < -0.39 is 0 Å². The molecule has 5 heteroatoms. The van der Waals surface area contributed by atoms with E-state index in [2.05, 4.69) is 10.3 Å². The van der Waals surface area contributed by atoms with E-state index in [-0.39, 0.29) is 11.7 Å². The molecule has 1 heterocycles. The lowest BCUT2D eigenvalue weighted by Crippen LogP contribution is -2.29. The van der Waals surface area contributed by atoms with Crippen LogP contribution in [0.2, 0.25) is 0 Å². The number of thioether (sulfide) groups is 1. The van der Waals surface area contributed by atoms with Crippen LogP contribution in [0.5, 0.6) is 0 Å². The van der Waals surface area contributed by atoms with Crippen LogP contribution in [0.25, 0.3) is 0 Å². The maximum absolute atomic E-state index is 13.0. The Kier molecular flexibility index (Phi) is 8.34. The number of amides is 1. The van der Waals surface area contributed by atoms with Crippen LogP contribution < -0.4 is 5.32 Å². The second-order valence-corrected chi connectivity index (χ2v) is 8.59. The number of hydrogen-bond acceptors (Lipinski definition) is 3. The number of rotatable bonds is 8. The third-order valence-electron chi connectivity index (χ3n) is 5.30. The standard InChI is InChI=1S/C23H29FN2OS/c24-20-13-11-18(12-14-20)9-6-16-28-23-21(10-5-15-25-23)22(27)26-17-19-7-3-1-2-4-8-19/h5,10-15,19H,1-4,6-9,16-17H2,(H,26,27). The number of nitrogens with zero attached hydrogens (tertiary/aromatic N) is 1. The lowest BCUT2D eigenvalue weighted by atomic mass is 10.0. The molecule has 3 nitrogen and oxygen atoms in total. The molecule has 1 amide bonds. The van der Waals surface area contributed by atoms with E-state index in [1.54, 1.807) is 18.0 Å². The minimum absolute atomic E-state index is 0.0154. The number of aryl methyl sites for hydroxylation is 1. The molecule has 0 saturated heterocycles. The molecule has 150 valence electrons. The average Bonchev–Trinajstić information content (AvgIpc) is 3.00. The third kappa shape index (κ3) is 6.62. The van der Waals surface area contributed by atoms with Crippen LogP contribution in [0.15, 0.2) is 47.6 Å². The van der Waals surface area contributed by atoms with Gasteiger partial charge in [-0.1, -0.05) is 37.8 Å². The van der Waals surface area contributed by atoms with Crippen LogP contribution in [0.1, 0.15) is 60.9 Å². The lowest BCUT2D eigenvalue weighted by molar-refractivity contribution is 0.0942. The highest BCUT2D eigenvalue weighted by atomic mass is 32.2. The number of nitrogens with one attached hydrogen (secondary N) is 1. The number of pyridine rings is 1. The second-order valence-electron chi connectivity index (χ2n) is 7.50. The average molecular weight is 401 g/mol. The molecule has 1 saturated carbocycles. The normalized spacial score (nSPS) is 15.2. The largest absolute Gasteiger partial charge is 0.352 e. The van der Waals surface area contributed by atoms with Crippen LogP contribution in [0.3, 0.4) is 0 Å². The molecule has 0 aliphatic heterocycles. The van der Waals surface area contributed by atoms with E-state index in [0.29, 0.717) is 11.5 Å². The number of hydrogen-bond donors (Lipinski definition) is 1. The van der Waals surface area contributed by atoms with Gasteiger partial charge in [0, 0.05) is 12.7 Å². The van der Waals surface area contributed by atoms with Gasteiger partial charge < -0.3 is 5.32 Å². The Bertz CT molecular complexity index is 743. The molecule has 0 unspecified atom stereocenters. The van der Waals surface area contributed by atoms with Crippen molar-refractivity contribution in [2.45, 2.75) is 56.4 Å². The van der Waals surface area contributed by atoms with E-state index in [1.807, 2.05) is 24.3 Å². The van der Waals surface area contributed by atoms with Gasteiger partial charge in [-0.2, -0.15) is 0 Å². The first-order valence-electron chi connectivity index (χ1n) is 10.3. The molecule has 1 aromatic heterocycles. The fourth-order valence-electron chi connectivity index (χ4n) is 3.68. The van der Waals surface area contributed by atoms with Crippen LogP contribution in [-0.4, -0.2) is 23.2 Å². The first-order chi connectivity index (χ1) is 13.7. The van der Waals surface area contributed by atoms with Gasteiger partial charge in [0.1, 0.15) is 10.8 Å². The molecule has 1 fully saturated rings. The zero-order chi connectivity index (χ0) is 19.6. The molecule has 1 aliphatic carbocycles. The zero-order valence-electron chi connectivity index (χ0n) is 16.3. The number of benzene rings is 1. The van der Waals surface area contributed by atoms with Crippen molar-refractivity contribution in [3.05, 3.63) is 59.5 Å². The van der Waals surface area contributed by atoms with Gasteiger partial charge in [-0.15, -0.1) is 11.8 Å². The number of carbonyl (C=O) groups excluding carboxylic acids is 1. The van der Waals surface area contributed by atoms with Crippen LogP contribution >= 0.6 is 11.8 Å². The van der Waals surface area contributed by atoms with Crippen LogP contribution in [0, 0.1) is 11.7 Å². The third-order valence-corrected chi connectivity index (χ3v) is 6.40. The van der Waals surface area contributed by atoms with Crippen molar-refractivity contribution >= 4 is 17.7 Å². The molecule has 3 rings (SSSR count). The van der Waals surface area contributed by atoms with Gasteiger partial charge in [-0.25, -0.2) is 9.37 Å². The SMILES string of the molecule is O=C(NCC1CCCCCC1)c1cccnc1SCCCc1ccc(F)cc1. The van der Waals surface area contributed by atoms with Crippen molar-refractivity contribution in [3.63, 3.8) is 0 Å². The van der Waals surface area contributed by atoms with Gasteiger partial charge in [-0.05, 0) is 67.2 Å². The van der Waals surface area contributed by atoms with Gasteiger partial charge >= 0.3 is 0 Å². The smallest absolute Gasteiger partial charge is 0.254 e. The van der Waals surface area contributed by atoms with Crippen LogP contribution in [0.4, 0.5) is 4.39 Å². The van der Waals surface area contributed by atoms with Gasteiger partial charge in [0.05, 0.1) is 5.56 Å². The number of aromatic nitrogens is 1. The summed E-state index contributed by atoms with van der Waals surface area (Å²) in [4.78, 5) is 17.1. The summed E-state index contributed by atoms with van der Waals surface area (Å²) in [5.74, 6) is 1.26. The van der Waals surface area contributed by atoms with Gasteiger partial charge in [0.15, 0.2) is 0 Å². The first-order valence-corrected chi connectivity index (χ1v) is 11.3. The Morgan fingerprint density at radius 2 is 1.86 bits per heavy atom. The van der Waals surface area contributed by atoms with Crippen LogP contribution in [-0.2, 0) is 6.42 Å². The molecule has 1 aromatic carbocycles. The summed E-state index contributed by atoms with van der Waals surface area (Å²) in [6.45, 7) is 0.766. The Morgan fingerprint density at radius 1 is 1.11 bits per heavy atom. The number of halogens is 1.